The number of H-pyrrole nitrogens is 2. The largest absolute Gasteiger partial charge is 0.505 e. The van der Waals surface area contributed by atoms with Gasteiger partial charge in [-0.2, -0.15) is 5.10 Å². The molecular formula is C29H34FN5O2. The number of benzene rings is 2. The predicted octanol–water partition coefficient (Wildman–Crippen LogP) is 5.59. The van der Waals surface area contributed by atoms with Gasteiger partial charge < -0.3 is 14.8 Å². The summed E-state index contributed by atoms with van der Waals surface area (Å²) in [7, 11) is 1.82. The first-order valence-electron chi connectivity index (χ1n) is 13.4. The van der Waals surface area contributed by atoms with Gasteiger partial charge in [-0.05, 0) is 85.5 Å². The number of halogens is 1. The van der Waals surface area contributed by atoms with Crippen molar-refractivity contribution < 1.29 is 14.2 Å². The highest BCUT2D eigenvalue weighted by Gasteiger charge is 2.29. The number of hydrogen-bond acceptors (Lipinski definition) is 5. The lowest BCUT2D eigenvalue weighted by molar-refractivity contribution is -0.00294. The summed E-state index contributed by atoms with van der Waals surface area (Å²) < 4.78 is 19.5. The molecule has 2 aromatic carbocycles. The van der Waals surface area contributed by atoms with E-state index >= 15 is 0 Å². The topological polar surface area (TPSA) is 90.1 Å². The van der Waals surface area contributed by atoms with Crippen LogP contribution >= 0.6 is 0 Å². The van der Waals surface area contributed by atoms with E-state index in [1.165, 1.54) is 43.5 Å². The average Bonchev–Trinajstić information content (AvgIpc) is 3.49. The lowest BCUT2D eigenvalue weighted by Gasteiger charge is -2.35. The quantitative estimate of drug-likeness (QED) is 0.292. The van der Waals surface area contributed by atoms with Crippen LogP contribution in [-0.2, 0) is 24.1 Å². The first-order valence-corrected chi connectivity index (χ1v) is 13.4. The lowest BCUT2D eigenvalue weighted by atomic mass is 9.79. The standard InChI is InChI=1S/C29H34FN5O2/c1-3-18-14-27(36)23(30)15-22(18)19-6-7-21-25(13-19)33-34-28(21)29-31-24-8-10-35(16-26(24)32-29)9-4-5-17-11-20(12-17)37-2/h6-7,13-15,17,20,36H,3-5,8-12,16H2,1-2H3,(H,31,32)(H,33,34). The van der Waals surface area contributed by atoms with E-state index in [1.807, 2.05) is 32.2 Å². The molecule has 1 aliphatic heterocycles. The Labute approximate surface area is 216 Å². The molecule has 8 heteroatoms. The van der Waals surface area contributed by atoms with Crippen LogP contribution in [0.15, 0.2) is 30.3 Å². The van der Waals surface area contributed by atoms with Crippen LogP contribution < -0.4 is 0 Å². The van der Waals surface area contributed by atoms with Crippen LogP contribution in [0.4, 0.5) is 4.39 Å². The number of imidazole rings is 1. The van der Waals surface area contributed by atoms with E-state index in [9.17, 15) is 9.50 Å². The predicted molar refractivity (Wildman–Crippen MR) is 142 cm³/mol. The molecule has 2 aromatic heterocycles. The van der Waals surface area contributed by atoms with Crippen molar-refractivity contribution in [2.75, 3.05) is 20.2 Å². The summed E-state index contributed by atoms with van der Waals surface area (Å²) in [5, 5.41) is 18.5. The molecule has 4 aromatic rings. The Bertz CT molecular complexity index is 1420. The van der Waals surface area contributed by atoms with E-state index in [4.69, 9.17) is 9.72 Å². The number of rotatable bonds is 8. The molecule has 0 unspecified atom stereocenters. The number of phenolic OH excluding ortho intramolecular Hbond substituents is 1. The lowest BCUT2D eigenvalue weighted by Crippen LogP contribution is -2.33. The zero-order valence-electron chi connectivity index (χ0n) is 21.5. The number of aryl methyl sites for hydroxylation is 1. The Kier molecular flexibility index (Phi) is 6.46. The van der Waals surface area contributed by atoms with Gasteiger partial charge in [0.15, 0.2) is 17.4 Å². The highest BCUT2D eigenvalue weighted by molar-refractivity contribution is 5.94. The minimum Gasteiger partial charge on any atom is -0.505 e. The molecule has 3 N–H and O–H groups in total. The van der Waals surface area contributed by atoms with E-state index in [1.54, 1.807) is 0 Å². The number of aromatic hydroxyl groups is 1. The number of aromatic nitrogens is 4. The number of nitrogens with one attached hydrogen (secondary N) is 2. The van der Waals surface area contributed by atoms with Crippen molar-refractivity contribution in [1.29, 1.82) is 0 Å². The minimum atomic E-state index is -0.615. The third-order valence-electron chi connectivity index (χ3n) is 8.18. The summed E-state index contributed by atoms with van der Waals surface area (Å²) in [6.45, 7) is 5.05. The molecule has 0 radical (unpaired) electrons. The van der Waals surface area contributed by atoms with E-state index in [0.717, 1.165) is 76.8 Å². The number of aromatic amines is 2. The van der Waals surface area contributed by atoms with Gasteiger partial charge in [0.05, 0.1) is 23.0 Å². The number of phenols is 1. The zero-order chi connectivity index (χ0) is 25.5. The molecule has 37 heavy (non-hydrogen) atoms. The first kappa shape index (κ1) is 24.1. The second-order valence-electron chi connectivity index (χ2n) is 10.5. The monoisotopic (exact) mass is 503 g/mol. The van der Waals surface area contributed by atoms with Crippen LogP contribution in [-0.4, -0.2) is 56.5 Å². The normalized spacial score (nSPS) is 19.8. The Morgan fingerprint density at radius 2 is 2.08 bits per heavy atom. The fraction of sp³-hybridized carbons (Fsp3) is 0.448. The summed E-state index contributed by atoms with van der Waals surface area (Å²) in [4.78, 5) is 11.0. The summed E-state index contributed by atoms with van der Waals surface area (Å²) >= 11 is 0. The molecule has 1 saturated carbocycles. The van der Waals surface area contributed by atoms with Crippen molar-refractivity contribution in [2.45, 2.75) is 58.1 Å². The van der Waals surface area contributed by atoms with Crippen LogP contribution in [0.1, 0.15) is 49.6 Å². The van der Waals surface area contributed by atoms with Gasteiger partial charge >= 0.3 is 0 Å². The Morgan fingerprint density at radius 3 is 2.89 bits per heavy atom. The second kappa shape index (κ2) is 9.91. The van der Waals surface area contributed by atoms with Gasteiger partial charge in [-0.15, -0.1) is 0 Å². The molecule has 194 valence electrons. The summed E-state index contributed by atoms with van der Waals surface area (Å²) in [5.74, 6) is 0.690. The minimum absolute atomic E-state index is 0.315. The van der Waals surface area contributed by atoms with Crippen LogP contribution in [0.25, 0.3) is 33.5 Å². The average molecular weight is 504 g/mol. The summed E-state index contributed by atoms with van der Waals surface area (Å²) in [6, 6.07) is 8.89. The van der Waals surface area contributed by atoms with Crippen LogP contribution in [0.3, 0.4) is 0 Å². The SMILES string of the molecule is CCc1cc(O)c(F)cc1-c1ccc2c(-c3nc4c([nH]3)CN(CCCC3CC(OC)C3)CC4)n[nH]c2c1. The van der Waals surface area contributed by atoms with Crippen molar-refractivity contribution in [3.63, 3.8) is 0 Å². The van der Waals surface area contributed by atoms with Crippen molar-refractivity contribution in [3.05, 3.63) is 53.1 Å². The van der Waals surface area contributed by atoms with Gasteiger partial charge in [0.25, 0.3) is 0 Å². The van der Waals surface area contributed by atoms with Crippen molar-refractivity contribution in [2.24, 2.45) is 5.92 Å². The first-order chi connectivity index (χ1) is 18.0. The molecule has 0 saturated heterocycles. The molecule has 2 aliphatic rings. The number of ether oxygens (including phenoxy) is 1. The van der Waals surface area contributed by atoms with E-state index in [-0.39, 0.29) is 5.75 Å². The van der Waals surface area contributed by atoms with Crippen molar-refractivity contribution >= 4 is 10.9 Å². The molecule has 3 heterocycles. The van der Waals surface area contributed by atoms with Crippen molar-refractivity contribution in [3.8, 4) is 28.4 Å². The molecule has 7 nitrogen and oxygen atoms in total. The van der Waals surface area contributed by atoms with Crippen LogP contribution in [0, 0.1) is 11.7 Å². The smallest absolute Gasteiger partial charge is 0.165 e. The van der Waals surface area contributed by atoms with Gasteiger partial charge in [0, 0.05) is 32.0 Å². The molecular weight excluding hydrogens is 469 g/mol. The third kappa shape index (κ3) is 4.64. The molecule has 1 fully saturated rings. The van der Waals surface area contributed by atoms with Gasteiger partial charge in [-0.3, -0.25) is 10.00 Å². The summed E-state index contributed by atoms with van der Waals surface area (Å²) in [5.41, 5.74) is 6.54. The fourth-order valence-electron chi connectivity index (χ4n) is 5.89. The third-order valence-corrected chi connectivity index (χ3v) is 8.18. The number of fused-ring (bicyclic) bond motifs is 2. The maximum absolute atomic E-state index is 14.1. The van der Waals surface area contributed by atoms with Gasteiger partial charge in [0.1, 0.15) is 5.69 Å². The number of hydrogen-bond donors (Lipinski definition) is 3. The van der Waals surface area contributed by atoms with E-state index in [0.29, 0.717) is 12.5 Å². The molecule has 0 atom stereocenters. The van der Waals surface area contributed by atoms with Crippen LogP contribution in [0.2, 0.25) is 0 Å². The van der Waals surface area contributed by atoms with Gasteiger partial charge in [-0.1, -0.05) is 13.0 Å². The maximum atomic E-state index is 14.1. The fourth-order valence-corrected chi connectivity index (χ4v) is 5.89. The molecule has 6 rings (SSSR count). The van der Waals surface area contributed by atoms with E-state index < -0.39 is 5.82 Å². The maximum Gasteiger partial charge on any atom is 0.165 e. The Morgan fingerprint density at radius 1 is 1.22 bits per heavy atom. The van der Waals surface area contributed by atoms with Gasteiger partial charge in [-0.25, -0.2) is 9.37 Å². The van der Waals surface area contributed by atoms with Gasteiger partial charge in [0.2, 0.25) is 0 Å². The molecule has 0 spiro atoms. The number of methoxy groups -OCH3 is 1. The number of nitrogens with zero attached hydrogens (tertiary/aromatic N) is 3. The van der Waals surface area contributed by atoms with E-state index in [2.05, 4.69) is 20.1 Å². The molecule has 0 bridgehead atoms. The van der Waals surface area contributed by atoms with Crippen LogP contribution in [0.5, 0.6) is 5.75 Å². The highest BCUT2D eigenvalue weighted by atomic mass is 19.1. The Hall–Kier alpha value is -3.23. The highest BCUT2D eigenvalue weighted by Crippen LogP contribution is 2.35. The Balaban J connectivity index is 1.17. The summed E-state index contributed by atoms with van der Waals surface area (Å²) in [6.07, 6.45) is 7.08. The van der Waals surface area contributed by atoms with Crippen molar-refractivity contribution in [1.82, 2.24) is 25.1 Å². The molecule has 1 aliphatic carbocycles. The molecule has 0 amide bonds. The zero-order valence-corrected chi connectivity index (χ0v) is 21.5. The second-order valence-corrected chi connectivity index (χ2v) is 10.5.